The second-order valence-corrected chi connectivity index (χ2v) is 6.11. The van der Waals surface area contributed by atoms with Gasteiger partial charge in [-0.05, 0) is 18.6 Å². The first-order chi connectivity index (χ1) is 11.6. The summed E-state index contributed by atoms with van der Waals surface area (Å²) in [6, 6.07) is 10.8. The van der Waals surface area contributed by atoms with Crippen molar-refractivity contribution >= 4 is 11.3 Å². The van der Waals surface area contributed by atoms with E-state index in [-0.39, 0.29) is 6.61 Å². The molecule has 24 heavy (non-hydrogen) atoms. The molecule has 0 fully saturated rings. The van der Waals surface area contributed by atoms with E-state index in [9.17, 15) is 15.3 Å². The van der Waals surface area contributed by atoms with E-state index in [1.165, 1.54) is 0 Å². The van der Waals surface area contributed by atoms with Crippen LogP contribution in [0.4, 0.5) is 5.69 Å². The van der Waals surface area contributed by atoms with Gasteiger partial charge in [-0.3, -0.25) is 4.40 Å². The first-order valence-corrected chi connectivity index (χ1v) is 7.90. The van der Waals surface area contributed by atoms with Gasteiger partial charge in [-0.25, -0.2) is 4.98 Å². The minimum absolute atomic E-state index is 0.112. The summed E-state index contributed by atoms with van der Waals surface area (Å²) in [5, 5.41) is 34.0. The van der Waals surface area contributed by atoms with Gasteiger partial charge in [0.05, 0.1) is 29.7 Å². The summed E-state index contributed by atoms with van der Waals surface area (Å²) < 4.78 is 1.81. The summed E-state index contributed by atoms with van der Waals surface area (Å²) in [4.78, 5) is 4.53. The number of fused-ring (bicyclic) bond motifs is 3. The third-order valence-electron chi connectivity index (χ3n) is 4.72. The van der Waals surface area contributed by atoms with Crippen molar-refractivity contribution in [2.75, 3.05) is 5.32 Å². The molecule has 4 N–H and O–H groups in total. The van der Waals surface area contributed by atoms with Crippen LogP contribution in [0.1, 0.15) is 34.7 Å². The zero-order valence-corrected chi connectivity index (χ0v) is 13.2. The van der Waals surface area contributed by atoms with E-state index in [4.69, 9.17) is 0 Å². The number of pyridine rings is 1. The van der Waals surface area contributed by atoms with Crippen molar-refractivity contribution in [3.8, 4) is 0 Å². The van der Waals surface area contributed by atoms with Crippen LogP contribution in [0.5, 0.6) is 0 Å². The van der Waals surface area contributed by atoms with Crippen LogP contribution in [0.3, 0.4) is 0 Å². The highest BCUT2D eigenvalue weighted by Crippen LogP contribution is 2.41. The van der Waals surface area contributed by atoms with Crippen LogP contribution < -0.4 is 5.32 Å². The average molecular weight is 325 g/mol. The minimum Gasteiger partial charge on any atom is -0.390 e. The predicted octanol–water partition coefficient (Wildman–Crippen LogP) is 1.70. The van der Waals surface area contributed by atoms with Crippen LogP contribution in [0, 0.1) is 6.92 Å². The molecule has 0 amide bonds. The van der Waals surface area contributed by atoms with Crippen LogP contribution >= 0.6 is 0 Å². The standard InChI is InChI=1S/C18H19N3O3/c1-10-13(9-22)21-8-7-12-15(18(21)19-10)20-14(17(24)16(12)23)11-5-3-2-4-6-11/h2-8,14,16-17,20,22-24H,9H2,1H3. The molecule has 3 unspecified atom stereocenters. The van der Waals surface area contributed by atoms with Gasteiger partial charge in [0.15, 0.2) is 5.65 Å². The van der Waals surface area contributed by atoms with E-state index in [0.717, 1.165) is 11.3 Å². The molecule has 4 rings (SSSR count). The number of rotatable bonds is 2. The molecule has 0 aliphatic carbocycles. The SMILES string of the molecule is Cc1nc2c3c(ccn2c1CO)C(O)C(O)C(c1ccccc1)N3. The number of nitrogens with one attached hydrogen (secondary N) is 1. The van der Waals surface area contributed by atoms with Gasteiger partial charge in [0, 0.05) is 11.8 Å². The number of hydrogen-bond acceptors (Lipinski definition) is 5. The van der Waals surface area contributed by atoms with Gasteiger partial charge in [-0.15, -0.1) is 0 Å². The number of imidazole rings is 1. The molecule has 1 aliphatic heterocycles. The van der Waals surface area contributed by atoms with E-state index in [2.05, 4.69) is 10.3 Å². The van der Waals surface area contributed by atoms with Crippen LogP contribution in [-0.4, -0.2) is 30.8 Å². The molecule has 0 radical (unpaired) electrons. The smallest absolute Gasteiger partial charge is 0.161 e. The average Bonchev–Trinajstić information content (AvgIpc) is 2.94. The van der Waals surface area contributed by atoms with Crippen molar-refractivity contribution in [2.24, 2.45) is 0 Å². The quantitative estimate of drug-likeness (QED) is 0.576. The highest BCUT2D eigenvalue weighted by Gasteiger charge is 2.36. The van der Waals surface area contributed by atoms with Gasteiger partial charge >= 0.3 is 0 Å². The summed E-state index contributed by atoms with van der Waals surface area (Å²) in [6.07, 6.45) is -0.207. The number of aromatic nitrogens is 2. The number of aryl methyl sites for hydroxylation is 1. The maximum atomic E-state index is 10.6. The highest BCUT2D eigenvalue weighted by atomic mass is 16.3. The molecule has 0 saturated heterocycles. The summed E-state index contributed by atoms with van der Waals surface area (Å²) in [6.45, 7) is 1.73. The van der Waals surface area contributed by atoms with Crippen LogP contribution in [-0.2, 0) is 6.61 Å². The Kier molecular flexibility index (Phi) is 3.53. The number of benzene rings is 1. The normalized spacial score (nSPS) is 23.1. The zero-order chi connectivity index (χ0) is 16.8. The van der Waals surface area contributed by atoms with Crippen LogP contribution in [0.25, 0.3) is 5.65 Å². The molecular weight excluding hydrogens is 306 g/mol. The molecule has 0 saturated carbocycles. The number of hydrogen-bond donors (Lipinski definition) is 4. The van der Waals surface area contributed by atoms with Crippen molar-refractivity contribution in [3.63, 3.8) is 0 Å². The molecule has 3 atom stereocenters. The Hall–Kier alpha value is -2.41. The molecule has 1 aliphatic rings. The Morgan fingerprint density at radius 2 is 1.92 bits per heavy atom. The number of anilines is 1. The van der Waals surface area contributed by atoms with E-state index >= 15 is 0 Å². The van der Waals surface area contributed by atoms with Gasteiger partial charge in [0.1, 0.15) is 12.2 Å². The summed E-state index contributed by atoms with van der Waals surface area (Å²) in [5.41, 5.74) is 4.28. The van der Waals surface area contributed by atoms with Gasteiger partial charge < -0.3 is 20.6 Å². The molecule has 3 aromatic rings. The topological polar surface area (TPSA) is 90.0 Å². The monoisotopic (exact) mass is 325 g/mol. The Bertz CT molecular complexity index is 891. The van der Waals surface area contributed by atoms with Crippen molar-refractivity contribution in [2.45, 2.75) is 31.8 Å². The Morgan fingerprint density at radius 1 is 1.17 bits per heavy atom. The van der Waals surface area contributed by atoms with E-state index < -0.39 is 18.2 Å². The van der Waals surface area contributed by atoms with E-state index in [0.29, 0.717) is 22.6 Å². The maximum absolute atomic E-state index is 10.6. The fourth-order valence-corrected chi connectivity index (χ4v) is 3.42. The third-order valence-corrected chi connectivity index (χ3v) is 4.72. The molecular formula is C18H19N3O3. The van der Waals surface area contributed by atoms with Gasteiger partial charge in [-0.1, -0.05) is 30.3 Å². The fourth-order valence-electron chi connectivity index (χ4n) is 3.42. The van der Waals surface area contributed by atoms with Crippen molar-refractivity contribution in [1.29, 1.82) is 0 Å². The lowest BCUT2D eigenvalue weighted by molar-refractivity contribution is 0.00198. The van der Waals surface area contributed by atoms with Gasteiger partial charge in [0.2, 0.25) is 0 Å². The second kappa shape index (κ2) is 5.59. The first-order valence-electron chi connectivity index (χ1n) is 7.90. The van der Waals surface area contributed by atoms with Crippen molar-refractivity contribution in [1.82, 2.24) is 9.38 Å². The molecule has 2 aromatic heterocycles. The molecule has 124 valence electrons. The summed E-state index contributed by atoms with van der Waals surface area (Å²) >= 11 is 0. The third kappa shape index (κ3) is 2.11. The molecule has 0 bridgehead atoms. The Balaban J connectivity index is 1.89. The van der Waals surface area contributed by atoms with Gasteiger partial charge in [0.25, 0.3) is 0 Å². The lowest BCUT2D eigenvalue weighted by Crippen LogP contribution is -2.36. The second-order valence-electron chi connectivity index (χ2n) is 6.11. The Labute approximate surface area is 139 Å². The Morgan fingerprint density at radius 3 is 2.62 bits per heavy atom. The van der Waals surface area contributed by atoms with Crippen LogP contribution in [0.15, 0.2) is 42.6 Å². The predicted molar refractivity (Wildman–Crippen MR) is 89.6 cm³/mol. The lowest BCUT2D eigenvalue weighted by Gasteiger charge is -2.35. The van der Waals surface area contributed by atoms with E-state index in [1.807, 2.05) is 41.7 Å². The molecule has 0 spiro atoms. The lowest BCUT2D eigenvalue weighted by atomic mass is 9.89. The molecule has 1 aromatic carbocycles. The van der Waals surface area contributed by atoms with Crippen LogP contribution in [0.2, 0.25) is 0 Å². The summed E-state index contributed by atoms with van der Waals surface area (Å²) in [5.74, 6) is 0. The highest BCUT2D eigenvalue weighted by molar-refractivity contribution is 5.75. The molecule has 6 nitrogen and oxygen atoms in total. The maximum Gasteiger partial charge on any atom is 0.161 e. The number of aliphatic hydroxyl groups excluding tert-OH is 3. The minimum atomic E-state index is -1.01. The largest absolute Gasteiger partial charge is 0.390 e. The number of aliphatic hydroxyl groups is 3. The first kappa shape index (κ1) is 15.1. The number of nitrogens with zero attached hydrogens (tertiary/aromatic N) is 2. The molecule has 6 heteroatoms. The van der Waals surface area contributed by atoms with Crippen molar-refractivity contribution < 1.29 is 15.3 Å². The van der Waals surface area contributed by atoms with Gasteiger partial charge in [-0.2, -0.15) is 0 Å². The van der Waals surface area contributed by atoms with Crippen molar-refractivity contribution in [3.05, 3.63) is 65.1 Å². The molecule has 3 heterocycles. The zero-order valence-electron chi connectivity index (χ0n) is 13.2. The fraction of sp³-hybridized carbons (Fsp3) is 0.278. The van der Waals surface area contributed by atoms with E-state index in [1.54, 1.807) is 12.3 Å². The summed E-state index contributed by atoms with van der Waals surface area (Å²) in [7, 11) is 0.